The third kappa shape index (κ3) is 3.85. The van der Waals surface area contributed by atoms with Crippen LogP contribution < -0.4 is 9.47 Å². The number of fused-ring (bicyclic) bond motifs is 5. The number of piperazine rings is 1. The van der Waals surface area contributed by atoms with Crippen LogP contribution in [0.2, 0.25) is 0 Å². The highest BCUT2D eigenvalue weighted by molar-refractivity contribution is 6.01. The van der Waals surface area contributed by atoms with E-state index in [0.717, 1.165) is 47.0 Å². The molecule has 3 atom stereocenters. The molecule has 0 saturated carbocycles. The second-order valence-corrected chi connectivity index (χ2v) is 10.7. The van der Waals surface area contributed by atoms with Gasteiger partial charge >= 0.3 is 0 Å². The van der Waals surface area contributed by atoms with Gasteiger partial charge in [0, 0.05) is 36.5 Å². The van der Waals surface area contributed by atoms with Crippen molar-refractivity contribution in [3.63, 3.8) is 0 Å². The van der Waals surface area contributed by atoms with E-state index in [1.807, 2.05) is 43.3 Å². The Bertz CT molecular complexity index is 1380. The molecule has 1 aromatic heterocycles. The van der Waals surface area contributed by atoms with Crippen LogP contribution in [0.1, 0.15) is 55.8 Å². The summed E-state index contributed by atoms with van der Waals surface area (Å²) in [7, 11) is 1.64. The first-order valence-corrected chi connectivity index (χ1v) is 13.6. The standard InChI is InChI=1S/C30H35N3O5/c1-4-13-38-24-12-11-19(15-25(24)36-3)22-17-33-26(34)18-32(16-20-8-7-14-37-20)29(35)30(33,2)28-27(22)21-9-5-6-10-23(21)31-28/h5-6,9-12,15,20,22,31H,4,7-8,13-14,16-18H2,1-3H3/t20-,22+,30+/m1/s1. The number of hydrogen-bond donors (Lipinski definition) is 1. The summed E-state index contributed by atoms with van der Waals surface area (Å²) in [5.74, 6) is 1.13. The van der Waals surface area contributed by atoms with Crippen LogP contribution in [0.4, 0.5) is 0 Å². The predicted molar refractivity (Wildman–Crippen MR) is 144 cm³/mol. The highest BCUT2D eigenvalue weighted by atomic mass is 16.5. The topological polar surface area (TPSA) is 84.1 Å². The molecule has 3 aliphatic rings. The molecule has 0 bridgehead atoms. The SMILES string of the molecule is CCCOc1ccc([C@@H]2CN3C(=O)CN(C[C@H]4CCCO4)C(=O)[C@]3(C)c3[nH]c4ccccc4c32)cc1OC. The minimum atomic E-state index is -1.12. The molecule has 0 spiro atoms. The number of benzene rings is 2. The molecule has 2 amide bonds. The molecule has 0 unspecified atom stereocenters. The quantitative estimate of drug-likeness (QED) is 0.509. The van der Waals surface area contributed by atoms with E-state index in [4.69, 9.17) is 14.2 Å². The van der Waals surface area contributed by atoms with Crippen molar-refractivity contribution in [1.29, 1.82) is 0 Å². The molecular formula is C30H35N3O5. The summed E-state index contributed by atoms with van der Waals surface area (Å²) in [5.41, 5.74) is 2.70. The van der Waals surface area contributed by atoms with Crippen LogP contribution in [-0.2, 0) is 19.9 Å². The number of H-pyrrole nitrogens is 1. The van der Waals surface area contributed by atoms with Crippen molar-refractivity contribution in [3.8, 4) is 11.5 Å². The fraction of sp³-hybridized carbons (Fsp3) is 0.467. The Hall–Kier alpha value is -3.52. The van der Waals surface area contributed by atoms with Gasteiger partial charge in [-0.25, -0.2) is 0 Å². The van der Waals surface area contributed by atoms with Crippen molar-refractivity contribution in [2.45, 2.75) is 50.7 Å². The molecule has 8 nitrogen and oxygen atoms in total. The zero-order valence-corrected chi connectivity index (χ0v) is 22.3. The van der Waals surface area contributed by atoms with E-state index < -0.39 is 5.54 Å². The van der Waals surface area contributed by atoms with Crippen molar-refractivity contribution in [3.05, 3.63) is 59.3 Å². The second kappa shape index (κ2) is 9.66. The van der Waals surface area contributed by atoms with Gasteiger partial charge in [-0.05, 0) is 55.5 Å². The summed E-state index contributed by atoms with van der Waals surface area (Å²) < 4.78 is 17.4. The maximum Gasteiger partial charge on any atom is 0.255 e. The smallest absolute Gasteiger partial charge is 0.255 e. The fourth-order valence-electron chi connectivity index (χ4n) is 6.39. The summed E-state index contributed by atoms with van der Waals surface area (Å²) in [6.07, 6.45) is 2.79. The van der Waals surface area contributed by atoms with E-state index in [9.17, 15) is 9.59 Å². The van der Waals surface area contributed by atoms with E-state index in [1.165, 1.54) is 0 Å². The van der Waals surface area contributed by atoms with Gasteiger partial charge in [-0.3, -0.25) is 9.59 Å². The lowest BCUT2D eigenvalue weighted by Crippen LogP contribution is -2.68. The Morgan fingerprint density at radius 3 is 2.76 bits per heavy atom. The molecule has 1 N–H and O–H groups in total. The Balaban J connectivity index is 1.46. The molecule has 200 valence electrons. The predicted octanol–water partition coefficient (Wildman–Crippen LogP) is 4.18. The molecule has 38 heavy (non-hydrogen) atoms. The number of nitrogens with zero attached hydrogens (tertiary/aromatic N) is 2. The highest BCUT2D eigenvalue weighted by Gasteiger charge is 2.56. The van der Waals surface area contributed by atoms with Crippen molar-refractivity contribution in [1.82, 2.24) is 14.8 Å². The maximum absolute atomic E-state index is 14.2. The first-order valence-electron chi connectivity index (χ1n) is 13.6. The molecule has 4 heterocycles. The van der Waals surface area contributed by atoms with E-state index in [-0.39, 0.29) is 30.4 Å². The third-order valence-electron chi connectivity index (χ3n) is 8.32. The van der Waals surface area contributed by atoms with Crippen molar-refractivity contribution in [2.24, 2.45) is 0 Å². The number of rotatable bonds is 7. The lowest BCUT2D eigenvalue weighted by molar-refractivity contribution is -0.167. The number of ether oxygens (including phenoxy) is 3. The van der Waals surface area contributed by atoms with Gasteiger partial charge in [0.25, 0.3) is 5.91 Å². The molecule has 2 aromatic carbocycles. The Morgan fingerprint density at radius 1 is 1.16 bits per heavy atom. The van der Waals surface area contributed by atoms with Gasteiger partial charge in [0.2, 0.25) is 5.91 Å². The number of aromatic nitrogens is 1. The van der Waals surface area contributed by atoms with Crippen molar-refractivity contribution in [2.75, 3.05) is 40.0 Å². The second-order valence-electron chi connectivity index (χ2n) is 10.7. The van der Waals surface area contributed by atoms with Crippen LogP contribution in [0.15, 0.2) is 42.5 Å². The van der Waals surface area contributed by atoms with Gasteiger partial charge < -0.3 is 29.0 Å². The first-order chi connectivity index (χ1) is 18.5. The lowest BCUT2D eigenvalue weighted by Gasteiger charge is -2.51. The average molecular weight is 518 g/mol. The molecule has 6 rings (SSSR count). The molecule has 0 aliphatic carbocycles. The summed E-state index contributed by atoms with van der Waals surface area (Å²) in [6.45, 7) is 6.20. The molecule has 3 aromatic rings. The Morgan fingerprint density at radius 2 is 2.00 bits per heavy atom. The number of para-hydroxylation sites is 1. The number of carbonyl (C=O) groups excluding carboxylic acids is 2. The van der Waals surface area contributed by atoms with E-state index in [1.54, 1.807) is 16.9 Å². The number of amides is 2. The monoisotopic (exact) mass is 517 g/mol. The first kappa shape index (κ1) is 24.8. The van der Waals surface area contributed by atoms with Gasteiger partial charge in [-0.2, -0.15) is 0 Å². The minimum absolute atomic E-state index is 0.0127. The summed E-state index contributed by atoms with van der Waals surface area (Å²) in [5, 5.41) is 1.06. The fourth-order valence-corrected chi connectivity index (χ4v) is 6.39. The van der Waals surface area contributed by atoms with Crippen molar-refractivity contribution >= 4 is 22.7 Å². The van der Waals surface area contributed by atoms with Gasteiger partial charge in [-0.1, -0.05) is 31.2 Å². The zero-order valence-electron chi connectivity index (χ0n) is 22.3. The normalized spacial score (nSPS) is 25.0. The summed E-state index contributed by atoms with van der Waals surface area (Å²) in [6, 6.07) is 14.1. The highest BCUT2D eigenvalue weighted by Crippen LogP contribution is 2.49. The van der Waals surface area contributed by atoms with E-state index >= 15 is 0 Å². The molecule has 2 saturated heterocycles. The number of hydrogen-bond acceptors (Lipinski definition) is 5. The third-order valence-corrected chi connectivity index (χ3v) is 8.32. The summed E-state index contributed by atoms with van der Waals surface area (Å²) >= 11 is 0. The van der Waals surface area contributed by atoms with Crippen LogP contribution in [0, 0.1) is 0 Å². The molecule has 3 aliphatic heterocycles. The van der Waals surface area contributed by atoms with Gasteiger partial charge in [0.15, 0.2) is 17.0 Å². The average Bonchev–Trinajstić information content (AvgIpc) is 3.59. The minimum Gasteiger partial charge on any atom is -0.493 e. The van der Waals surface area contributed by atoms with Crippen LogP contribution in [0.5, 0.6) is 11.5 Å². The van der Waals surface area contributed by atoms with Crippen LogP contribution in [-0.4, -0.2) is 72.7 Å². The summed E-state index contributed by atoms with van der Waals surface area (Å²) in [4.78, 5) is 34.9. The van der Waals surface area contributed by atoms with E-state index in [0.29, 0.717) is 37.8 Å². The number of carbonyl (C=O) groups is 2. The Labute approximate surface area is 222 Å². The van der Waals surface area contributed by atoms with E-state index in [2.05, 4.69) is 18.0 Å². The molecule has 8 heteroatoms. The maximum atomic E-state index is 14.2. The molecule has 2 fully saturated rings. The molecule has 0 radical (unpaired) electrons. The number of nitrogens with one attached hydrogen (secondary N) is 1. The lowest BCUT2D eigenvalue weighted by atomic mass is 9.76. The zero-order chi connectivity index (χ0) is 26.4. The van der Waals surface area contributed by atoms with Gasteiger partial charge in [0.05, 0.1) is 32.1 Å². The van der Waals surface area contributed by atoms with Crippen molar-refractivity contribution < 1.29 is 23.8 Å². The van der Waals surface area contributed by atoms with Crippen LogP contribution >= 0.6 is 0 Å². The van der Waals surface area contributed by atoms with Crippen LogP contribution in [0.25, 0.3) is 10.9 Å². The molecular weight excluding hydrogens is 482 g/mol. The number of aromatic amines is 1. The largest absolute Gasteiger partial charge is 0.493 e. The van der Waals surface area contributed by atoms with Gasteiger partial charge in [-0.15, -0.1) is 0 Å². The Kier molecular flexibility index (Phi) is 6.30. The van der Waals surface area contributed by atoms with Crippen LogP contribution in [0.3, 0.4) is 0 Å². The number of methoxy groups -OCH3 is 1. The van der Waals surface area contributed by atoms with Gasteiger partial charge in [0.1, 0.15) is 0 Å².